The molecule has 0 saturated heterocycles. The molecule has 8 atom stereocenters. The molecule has 0 amide bonds. The van der Waals surface area contributed by atoms with Crippen LogP contribution in [0.3, 0.4) is 0 Å². The van der Waals surface area contributed by atoms with Crippen LogP contribution in [0.5, 0.6) is 0 Å². The number of nitrogens with two attached hydrogens (primary N) is 1. The number of fused-ring (bicyclic) bond motifs is 5. The highest BCUT2D eigenvalue weighted by Crippen LogP contribution is 2.65. The highest BCUT2D eigenvalue weighted by Gasteiger charge is 2.60. The molecule has 3 saturated carbocycles. The van der Waals surface area contributed by atoms with Crippen molar-refractivity contribution in [1.82, 2.24) is 0 Å². The Balaban J connectivity index is 1.68. The fourth-order valence-electron chi connectivity index (χ4n) is 6.72. The minimum atomic E-state index is -0.813. The van der Waals surface area contributed by atoms with Gasteiger partial charge >= 0.3 is 0 Å². The molecule has 3 fully saturated rings. The van der Waals surface area contributed by atoms with Crippen LogP contribution in [0, 0.1) is 28.6 Å². The van der Waals surface area contributed by atoms with Crippen molar-refractivity contribution in [1.29, 1.82) is 0 Å². The first-order chi connectivity index (χ1) is 10.4. The maximum Gasteiger partial charge on any atom is 0.116 e. The summed E-state index contributed by atoms with van der Waals surface area (Å²) in [6.45, 7) is 4.66. The molecular weight excluding hydrogens is 277 g/mol. The second-order valence-corrected chi connectivity index (χ2v) is 8.95. The fraction of sp³-hybridized carbons (Fsp3) is 0.895. The van der Waals surface area contributed by atoms with Gasteiger partial charge < -0.3 is 10.8 Å². The Kier molecular flexibility index (Phi) is 3.30. The average Bonchev–Trinajstić information content (AvgIpc) is 2.72. The van der Waals surface area contributed by atoms with E-state index in [1.807, 2.05) is 0 Å². The van der Waals surface area contributed by atoms with Gasteiger partial charge in [0.2, 0.25) is 0 Å². The summed E-state index contributed by atoms with van der Waals surface area (Å²) in [5, 5.41) is 9.98. The minimum absolute atomic E-state index is 0.00629. The first-order valence-electron chi connectivity index (χ1n) is 9.15. The van der Waals surface area contributed by atoms with Gasteiger partial charge in [0.15, 0.2) is 0 Å². The Labute approximate surface area is 133 Å². The van der Waals surface area contributed by atoms with Crippen molar-refractivity contribution in [2.75, 3.05) is 0 Å². The van der Waals surface area contributed by atoms with Crippen LogP contribution in [0.2, 0.25) is 0 Å². The molecule has 2 nitrogen and oxygen atoms in total. The van der Waals surface area contributed by atoms with Gasteiger partial charge in [0.05, 0.1) is 6.10 Å². The molecule has 3 N–H and O–H groups in total. The van der Waals surface area contributed by atoms with E-state index in [0.29, 0.717) is 24.2 Å². The first kappa shape index (κ1) is 15.1. The van der Waals surface area contributed by atoms with Crippen LogP contribution in [-0.2, 0) is 0 Å². The SMILES string of the molecule is C[C@]12CC[C@H]3[C@@H](CCC4=C[C@H](O)CC[C@@]43C)[C@@H]1C[C@@H](F)[C@@H]2N. The molecule has 0 spiro atoms. The zero-order valence-corrected chi connectivity index (χ0v) is 13.9. The number of alkyl halides is 1. The Morgan fingerprint density at radius 2 is 1.95 bits per heavy atom. The van der Waals surface area contributed by atoms with Crippen molar-refractivity contribution in [3.63, 3.8) is 0 Å². The normalized spacial score (nSPS) is 57.6. The number of aliphatic hydroxyl groups is 1. The average molecular weight is 307 g/mol. The lowest BCUT2D eigenvalue weighted by Crippen LogP contribution is -2.53. The van der Waals surface area contributed by atoms with Gasteiger partial charge in [0, 0.05) is 6.04 Å². The smallest absolute Gasteiger partial charge is 0.116 e. The third-order valence-electron chi connectivity index (χ3n) is 8.16. The van der Waals surface area contributed by atoms with Crippen LogP contribution in [0.1, 0.15) is 58.8 Å². The fourth-order valence-corrected chi connectivity index (χ4v) is 6.72. The van der Waals surface area contributed by atoms with E-state index in [0.717, 1.165) is 25.7 Å². The highest BCUT2D eigenvalue weighted by molar-refractivity contribution is 5.25. The summed E-state index contributed by atoms with van der Waals surface area (Å²) in [5.41, 5.74) is 7.98. The first-order valence-corrected chi connectivity index (χ1v) is 9.15. The summed E-state index contributed by atoms with van der Waals surface area (Å²) >= 11 is 0. The molecular formula is C19H30FNO. The van der Waals surface area contributed by atoms with Crippen molar-refractivity contribution < 1.29 is 9.50 Å². The summed E-state index contributed by atoms with van der Waals surface area (Å²) in [4.78, 5) is 0. The van der Waals surface area contributed by atoms with Gasteiger partial charge in [-0.2, -0.15) is 0 Å². The Hall–Kier alpha value is -0.410. The van der Waals surface area contributed by atoms with Crippen molar-refractivity contribution in [3.05, 3.63) is 11.6 Å². The molecule has 124 valence electrons. The van der Waals surface area contributed by atoms with Gasteiger partial charge in [0.25, 0.3) is 0 Å². The second-order valence-electron chi connectivity index (χ2n) is 8.95. The number of allylic oxidation sites excluding steroid dienone is 1. The molecule has 0 aromatic heterocycles. The molecule has 0 radical (unpaired) electrons. The zero-order valence-electron chi connectivity index (χ0n) is 13.9. The van der Waals surface area contributed by atoms with Gasteiger partial charge in [-0.3, -0.25) is 0 Å². The Morgan fingerprint density at radius 1 is 1.18 bits per heavy atom. The monoisotopic (exact) mass is 307 g/mol. The molecule has 0 aromatic rings. The molecule has 3 heteroatoms. The predicted molar refractivity (Wildman–Crippen MR) is 86.0 cm³/mol. The number of halogens is 1. The lowest BCUT2D eigenvalue weighted by Gasteiger charge is -2.58. The quantitative estimate of drug-likeness (QED) is 0.672. The van der Waals surface area contributed by atoms with Crippen molar-refractivity contribution in [2.45, 2.75) is 77.1 Å². The highest BCUT2D eigenvalue weighted by atomic mass is 19.1. The molecule has 4 aliphatic rings. The second kappa shape index (κ2) is 4.80. The molecule has 4 aliphatic carbocycles. The van der Waals surface area contributed by atoms with E-state index in [1.165, 1.54) is 18.4 Å². The molecule has 0 bridgehead atoms. The van der Waals surface area contributed by atoms with Crippen LogP contribution < -0.4 is 5.73 Å². The summed E-state index contributed by atoms with van der Waals surface area (Å²) in [6.07, 6.45) is 8.24. The van der Waals surface area contributed by atoms with E-state index < -0.39 is 6.17 Å². The van der Waals surface area contributed by atoms with Gasteiger partial charge in [0.1, 0.15) is 6.17 Å². The molecule has 22 heavy (non-hydrogen) atoms. The lowest BCUT2D eigenvalue weighted by molar-refractivity contribution is -0.0454. The topological polar surface area (TPSA) is 46.2 Å². The zero-order chi connectivity index (χ0) is 15.7. The van der Waals surface area contributed by atoms with Crippen LogP contribution in [0.25, 0.3) is 0 Å². The summed E-state index contributed by atoms with van der Waals surface area (Å²) in [6, 6.07) is -0.267. The molecule has 4 rings (SSSR count). The van der Waals surface area contributed by atoms with E-state index in [4.69, 9.17) is 5.73 Å². The summed E-state index contributed by atoms with van der Waals surface area (Å²) in [7, 11) is 0. The van der Waals surface area contributed by atoms with E-state index in [9.17, 15) is 9.50 Å². The van der Waals surface area contributed by atoms with Crippen molar-refractivity contribution >= 4 is 0 Å². The van der Waals surface area contributed by atoms with Crippen LogP contribution in [0.4, 0.5) is 4.39 Å². The van der Waals surface area contributed by atoms with E-state index in [-0.39, 0.29) is 23.0 Å². The number of rotatable bonds is 0. The van der Waals surface area contributed by atoms with Crippen LogP contribution >= 0.6 is 0 Å². The summed E-state index contributed by atoms with van der Waals surface area (Å²) in [5.74, 6) is 1.75. The van der Waals surface area contributed by atoms with Gasteiger partial charge in [-0.15, -0.1) is 0 Å². The standard InChI is InChI=1S/C19H30FNO/c1-18-7-5-12(22)9-11(18)3-4-13-14(18)6-8-19(2)15(13)10-16(20)17(19)21/h9,12-17,22H,3-8,10,21H2,1-2H3/t12-,13-,14+,15+,16-,17+,18+,19+/m1/s1. The third-order valence-corrected chi connectivity index (χ3v) is 8.16. The predicted octanol–water partition coefficient (Wildman–Crippen LogP) is 3.59. The van der Waals surface area contributed by atoms with Gasteiger partial charge in [-0.1, -0.05) is 25.5 Å². The Morgan fingerprint density at radius 3 is 2.73 bits per heavy atom. The lowest BCUT2D eigenvalue weighted by atomic mass is 9.47. The van der Waals surface area contributed by atoms with Crippen molar-refractivity contribution in [2.24, 2.45) is 34.3 Å². The van der Waals surface area contributed by atoms with E-state index in [2.05, 4.69) is 19.9 Å². The van der Waals surface area contributed by atoms with Crippen molar-refractivity contribution in [3.8, 4) is 0 Å². The Bertz CT molecular complexity index is 506. The van der Waals surface area contributed by atoms with Gasteiger partial charge in [-0.25, -0.2) is 4.39 Å². The van der Waals surface area contributed by atoms with Crippen LogP contribution in [-0.4, -0.2) is 23.4 Å². The number of aliphatic hydroxyl groups excluding tert-OH is 1. The van der Waals surface area contributed by atoms with E-state index in [1.54, 1.807) is 0 Å². The minimum Gasteiger partial charge on any atom is -0.389 e. The third kappa shape index (κ3) is 1.84. The largest absolute Gasteiger partial charge is 0.389 e. The maximum absolute atomic E-state index is 14.3. The number of hydrogen-bond acceptors (Lipinski definition) is 2. The molecule has 0 aromatic carbocycles. The maximum atomic E-state index is 14.3. The van der Waals surface area contributed by atoms with Gasteiger partial charge in [-0.05, 0) is 73.5 Å². The summed E-state index contributed by atoms with van der Waals surface area (Å²) < 4.78 is 14.3. The van der Waals surface area contributed by atoms with E-state index >= 15 is 0 Å². The molecule has 0 aliphatic heterocycles. The van der Waals surface area contributed by atoms with Crippen LogP contribution in [0.15, 0.2) is 11.6 Å². The molecule has 0 unspecified atom stereocenters. The number of hydrogen-bond donors (Lipinski definition) is 2. The molecule has 0 heterocycles.